The maximum Gasteiger partial charge on any atom is 0.271 e. The highest BCUT2D eigenvalue weighted by Gasteiger charge is 2.28. The molecule has 0 radical (unpaired) electrons. The van der Waals surface area contributed by atoms with Crippen LogP contribution in [0.1, 0.15) is 65.2 Å². The summed E-state index contributed by atoms with van der Waals surface area (Å²) in [5, 5.41) is 22.6. The Morgan fingerprint density at radius 1 is 1.13 bits per heavy atom. The normalized spacial score (nSPS) is 14.5. The molecular formula is C25H24N2O3. The SMILES string of the molecule is Cc1c(C(=O)Cc2cccc3ccccc23)c(O)n(C2CCCCC2)c(=O)c1C#N. The highest BCUT2D eigenvalue weighted by atomic mass is 16.3. The van der Waals surface area contributed by atoms with Crippen LogP contribution < -0.4 is 5.56 Å². The molecule has 3 aromatic rings. The van der Waals surface area contributed by atoms with Gasteiger partial charge >= 0.3 is 0 Å². The molecule has 0 aliphatic heterocycles. The molecule has 5 nitrogen and oxygen atoms in total. The first-order valence-electron chi connectivity index (χ1n) is 10.4. The van der Waals surface area contributed by atoms with Gasteiger partial charge in [-0.1, -0.05) is 61.7 Å². The summed E-state index contributed by atoms with van der Waals surface area (Å²) in [6, 6.07) is 15.4. The van der Waals surface area contributed by atoms with Crippen LogP contribution in [-0.2, 0) is 6.42 Å². The van der Waals surface area contributed by atoms with Gasteiger partial charge in [0.2, 0.25) is 5.88 Å². The van der Waals surface area contributed by atoms with Crippen molar-refractivity contribution >= 4 is 16.6 Å². The van der Waals surface area contributed by atoms with E-state index in [1.165, 1.54) is 4.57 Å². The van der Waals surface area contributed by atoms with Gasteiger partial charge in [-0.3, -0.25) is 14.2 Å². The fourth-order valence-electron chi connectivity index (χ4n) is 4.64. The summed E-state index contributed by atoms with van der Waals surface area (Å²) in [6.45, 7) is 1.57. The number of nitriles is 1. The van der Waals surface area contributed by atoms with Crippen molar-refractivity contribution in [1.82, 2.24) is 4.57 Å². The molecule has 0 amide bonds. The summed E-state index contributed by atoms with van der Waals surface area (Å²) >= 11 is 0. The Morgan fingerprint density at radius 3 is 2.57 bits per heavy atom. The van der Waals surface area contributed by atoms with E-state index in [4.69, 9.17) is 0 Å². The number of carbonyl (C=O) groups excluding carboxylic acids is 1. The number of aromatic hydroxyl groups is 1. The van der Waals surface area contributed by atoms with E-state index in [0.29, 0.717) is 0 Å². The van der Waals surface area contributed by atoms with Crippen molar-refractivity contribution in [3.8, 4) is 11.9 Å². The molecule has 1 aromatic heterocycles. The third kappa shape index (κ3) is 3.39. The zero-order valence-electron chi connectivity index (χ0n) is 17.0. The van der Waals surface area contributed by atoms with Crippen molar-refractivity contribution in [2.24, 2.45) is 0 Å². The molecule has 1 fully saturated rings. The van der Waals surface area contributed by atoms with Crippen LogP contribution in [0.25, 0.3) is 10.8 Å². The van der Waals surface area contributed by atoms with Crippen molar-refractivity contribution in [2.45, 2.75) is 51.5 Å². The van der Waals surface area contributed by atoms with E-state index in [0.717, 1.165) is 48.4 Å². The van der Waals surface area contributed by atoms with Crippen LogP contribution in [0.4, 0.5) is 0 Å². The molecule has 1 aliphatic rings. The fraction of sp³-hybridized carbons (Fsp3) is 0.320. The second kappa shape index (κ2) is 8.16. The van der Waals surface area contributed by atoms with Gasteiger partial charge in [0.1, 0.15) is 11.6 Å². The van der Waals surface area contributed by atoms with Crippen molar-refractivity contribution in [1.29, 1.82) is 5.26 Å². The van der Waals surface area contributed by atoms with Gasteiger partial charge in [0.05, 0.1) is 5.56 Å². The van der Waals surface area contributed by atoms with Gasteiger partial charge in [0.25, 0.3) is 5.56 Å². The summed E-state index contributed by atoms with van der Waals surface area (Å²) < 4.78 is 1.29. The minimum absolute atomic E-state index is 0.0559. The molecule has 30 heavy (non-hydrogen) atoms. The number of benzene rings is 2. The Morgan fingerprint density at radius 2 is 1.83 bits per heavy atom. The molecule has 2 aromatic carbocycles. The van der Waals surface area contributed by atoms with Crippen LogP contribution in [0.3, 0.4) is 0 Å². The Labute approximate surface area is 175 Å². The minimum atomic E-state index is -0.499. The summed E-state index contributed by atoms with van der Waals surface area (Å²) in [5.41, 5.74) is 0.647. The van der Waals surface area contributed by atoms with E-state index >= 15 is 0 Å². The first-order valence-corrected chi connectivity index (χ1v) is 10.4. The standard InChI is InChI=1S/C25H24N2O3/c1-16-21(15-26)24(29)27(19-11-3-2-4-12-19)25(30)23(16)22(28)14-18-10-7-9-17-8-5-6-13-20(17)18/h5-10,13,19,30H,2-4,11-12,14H2,1H3. The molecule has 1 aliphatic carbocycles. The average molecular weight is 400 g/mol. The summed E-state index contributed by atoms with van der Waals surface area (Å²) in [7, 11) is 0. The first-order chi connectivity index (χ1) is 14.5. The van der Waals surface area contributed by atoms with E-state index in [-0.39, 0.29) is 40.8 Å². The molecule has 152 valence electrons. The van der Waals surface area contributed by atoms with Gasteiger partial charge < -0.3 is 5.11 Å². The summed E-state index contributed by atoms with van der Waals surface area (Å²) in [6.07, 6.45) is 4.63. The molecular weight excluding hydrogens is 376 g/mol. The Balaban J connectivity index is 1.82. The maximum absolute atomic E-state index is 13.3. The van der Waals surface area contributed by atoms with Crippen LogP contribution >= 0.6 is 0 Å². The first kappa shape index (κ1) is 19.9. The zero-order chi connectivity index (χ0) is 21.3. The van der Waals surface area contributed by atoms with Crippen molar-refractivity contribution in [2.75, 3.05) is 0 Å². The molecule has 1 saturated carbocycles. The van der Waals surface area contributed by atoms with Gasteiger partial charge in [-0.15, -0.1) is 0 Å². The van der Waals surface area contributed by atoms with Crippen LogP contribution in [0, 0.1) is 18.3 Å². The predicted molar refractivity (Wildman–Crippen MR) is 116 cm³/mol. The monoisotopic (exact) mass is 400 g/mol. The van der Waals surface area contributed by atoms with Crippen LogP contribution in [0.2, 0.25) is 0 Å². The lowest BCUT2D eigenvalue weighted by molar-refractivity contribution is 0.0987. The molecule has 5 heteroatoms. The third-order valence-electron chi connectivity index (χ3n) is 6.20. The van der Waals surface area contributed by atoms with E-state index in [1.807, 2.05) is 48.5 Å². The molecule has 0 saturated heterocycles. The number of nitrogens with zero attached hydrogens (tertiary/aromatic N) is 2. The number of fused-ring (bicyclic) bond motifs is 1. The van der Waals surface area contributed by atoms with E-state index in [2.05, 4.69) is 0 Å². The van der Waals surface area contributed by atoms with Gasteiger partial charge in [0.15, 0.2) is 5.78 Å². The van der Waals surface area contributed by atoms with Crippen molar-refractivity contribution in [3.05, 3.63) is 75.1 Å². The molecule has 1 heterocycles. The lowest BCUT2D eigenvalue weighted by Gasteiger charge is -2.26. The average Bonchev–Trinajstić information content (AvgIpc) is 2.75. The largest absolute Gasteiger partial charge is 0.494 e. The lowest BCUT2D eigenvalue weighted by Crippen LogP contribution is -2.31. The van der Waals surface area contributed by atoms with E-state index in [9.17, 15) is 20.0 Å². The number of pyridine rings is 1. The Hall–Kier alpha value is -3.39. The van der Waals surface area contributed by atoms with Gasteiger partial charge in [0, 0.05) is 12.5 Å². The lowest BCUT2D eigenvalue weighted by atomic mass is 9.92. The minimum Gasteiger partial charge on any atom is -0.494 e. The maximum atomic E-state index is 13.3. The summed E-state index contributed by atoms with van der Waals surface area (Å²) in [5.74, 6) is -0.587. The highest BCUT2D eigenvalue weighted by molar-refractivity contribution is 6.03. The summed E-state index contributed by atoms with van der Waals surface area (Å²) in [4.78, 5) is 26.2. The predicted octanol–water partition coefficient (Wildman–Crippen LogP) is 4.82. The molecule has 1 N–H and O–H groups in total. The quantitative estimate of drug-likeness (QED) is 0.637. The number of hydrogen-bond donors (Lipinski definition) is 1. The van der Waals surface area contributed by atoms with Crippen LogP contribution in [-0.4, -0.2) is 15.5 Å². The number of carbonyl (C=O) groups is 1. The van der Waals surface area contributed by atoms with Crippen LogP contribution in [0.15, 0.2) is 47.3 Å². The molecule has 0 spiro atoms. The molecule has 0 bridgehead atoms. The topological polar surface area (TPSA) is 83.1 Å². The smallest absolute Gasteiger partial charge is 0.271 e. The highest BCUT2D eigenvalue weighted by Crippen LogP contribution is 2.33. The third-order valence-corrected chi connectivity index (χ3v) is 6.20. The Kier molecular flexibility index (Phi) is 5.41. The van der Waals surface area contributed by atoms with Gasteiger partial charge in [-0.05, 0) is 41.7 Å². The van der Waals surface area contributed by atoms with Crippen LogP contribution in [0.5, 0.6) is 5.88 Å². The Bertz CT molecular complexity index is 1220. The van der Waals surface area contributed by atoms with E-state index < -0.39 is 5.56 Å². The number of hydrogen-bond acceptors (Lipinski definition) is 4. The van der Waals surface area contributed by atoms with E-state index in [1.54, 1.807) is 6.92 Å². The number of aromatic nitrogens is 1. The number of Topliss-reactive ketones (excluding diaryl/α,β-unsaturated/α-hetero) is 1. The fourth-order valence-corrected chi connectivity index (χ4v) is 4.64. The van der Waals surface area contributed by atoms with Gasteiger partial charge in [-0.2, -0.15) is 5.26 Å². The van der Waals surface area contributed by atoms with Crippen molar-refractivity contribution in [3.63, 3.8) is 0 Å². The second-order valence-corrected chi connectivity index (χ2v) is 8.02. The van der Waals surface area contributed by atoms with Crippen molar-refractivity contribution < 1.29 is 9.90 Å². The second-order valence-electron chi connectivity index (χ2n) is 8.02. The number of ketones is 1. The molecule has 0 atom stereocenters. The van der Waals surface area contributed by atoms with Gasteiger partial charge in [-0.25, -0.2) is 0 Å². The molecule has 0 unspecified atom stereocenters. The molecule has 4 rings (SSSR count). The zero-order valence-corrected chi connectivity index (χ0v) is 17.0. The number of rotatable bonds is 4.